The molecule has 0 bridgehead atoms. The van der Waals surface area contributed by atoms with E-state index in [2.05, 4.69) is 22.9 Å². The van der Waals surface area contributed by atoms with Crippen LogP contribution < -0.4 is 0 Å². The number of amides is 1. The largest absolute Gasteiger partial charge is 0.344 e. The number of hydrogen-bond acceptors (Lipinski definition) is 1. The van der Waals surface area contributed by atoms with E-state index in [4.69, 9.17) is 0 Å². The van der Waals surface area contributed by atoms with Gasteiger partial charge in [-0.1, -0.05) is 42.1 Å². The monoisotopic (exact) mass is 261 g/mol. The first kappa shape index (κ1) is 12.0. The third kappa shape index (κ3) is 2.72. The van der Waals surface area contributed by atoms with E-state index in [1.54, 1.807) is 0 Å². The van der Waals surface area contributed by atoms with Gasteiger partial charge in [0, 0.05) is 24.3 Å². The van der Waals surface area contributed by atoms with Crippen LogP contribution in [0.2, 0.25) is 0 Å². The number of carbonyl (C=O) groups excluding carboxylic acids is 1. The number of carbonyl (C=O) groups is 1. The van der Waals surface area contributed by atoms with Crippen molar-refractivity contribution in [2.75, 3.05) is 18.9 Å². The lowest BCUT2D eigenvalue weighted by molar-refractivity contribution is -0.141. The zero-order valence-corrected chi connectivity index (χ0v) is 10.8. The maximum atomic E-state index is 12.1. The van der Waals surface area contributed by atoms with Gasteiger partial charge in [-0.05, 0) is 12.8 Å². The van der Waals surface area contributed by atoms with E-state index in [1.165, 1.54) is 19.3 Å². The average Bonchev–Trinajstić information content (AvgIpc) is 2.18. The molecule has 0 atom stereocenters. The summed E-state index contributed by atoms with van der Waals surface area (Å²) in [6, 6.07) is 0. The molecule has 0 saturated heterocycles. The minimum Gasteiger partial charge on any atom is -0.344 e. The Morgan fingerprint density at radius 2 is 1.93 bits per heavy atom. The Balaban J connectivity index is 2.56. The summed E-state index contributed by atoms with van der Waals surface area (Å²) in [5.74, 6) is 0.330. The van der Waals surface area contributed by atoms with E-state index in [9.17, 15) is 4.79 Å². The van der Waals surface area contributed by atoms with E-state index in [1.807, 2.05) is 11.9 Å². The molecule has 0 spiro atoms. The van der Waals surface area contributed by atoms with Gasteiger partial charge in [0.05, 0.1) is 0 Å². The van der Waals surface area contributed by atoms with Crippen LogP contribution in [0.15, 0.2) is 0 Å². The topological polar surface area (TPSA) is 20.3 Å². The number of halogens is 1. The van der Waals surface area contributed by atoms with Crippen LogP contribution in [-0.4, -0.2) is 29.7 Å². The number of nitrogens with zero attached hydrogens (tertiary/aromatic N) is 1. The molecule has 0 aromatic carbocycles. The lowest BCUT2D eigenvalue weighted by Crippen LogP contribution is -2.42. The molecule has 3 heteroatoms. The summed E-state index contributed by atoms with van der Waals surface area (Å²) < 4.78 is 0. The van der Waals surface area contributed by atoms with Crippen LogP contribution in [0.3, 0.4) is 0 Å². The van der Waals surface area contributed by atoms with Crippen molar-refractivity contribution in [3.8, 4) is 0 Å². The fourth-order valence-corrected chi connectivity index (χ4v) is 2.77. The van der Waals surface area contributed by atoms with Crippen LogP contribution in [0, 0.1) is 5.41 Å². The van der Waals surface area contributed by atoms with E-state index in [0.717, 1.165) is 24.7 Å². The second kappa shape index (κ2) is 5.15. The number of alkyl halides is 1. The van der Waals surface area contributed by atoms with Crippen LogP contribution in [-0.2, 0) is 4.79 Å². The summed E-state index contributed by atoms with van der Waals surface area (Å²) >= 11 is 3.37. The molecule has 1 saturated carbocycles. The van der Waals surface area contributed by atoms with Crippen molar-refractivity contribution in [3.63, 3.8) is 0 Å². The lowest BCUT2D eigenvalue weighted by Gasteiger charge is -2.35. The highest BCUT2D eigenvalue weighted by molar-refractivity contribution is 9.09. The summed E-state index contributed by atoms with van der Waals surface area (Å²) in [6.45, 7) is 2.94. The van der Waals surface area contributed by atoms with Crippen LogP contribution in [0.25, 0.3) is 0 Å². The Morgan fingerprint density at radius 3 is 2.43 bits per heavy atom. The third-order valence-corrected chi connectivity index (χ3v) is 3.59. The van der Waals surface area contributed by atoms with Crippen molar-refractivity contribution in [1.82, 2.24) is 4.90 Å². The molecule has 0 aromatic heterocycles. The smallest absolute Gasteiger partial charge is 0.228 e. The molecule has 0 aromatic rings. The zero-order chi connectivity index (χ0) is 10.6. The van der Waals surface area contributed by atoms with Gasteiger partial charge in [0.25, 0.3) is 0 Å². The van der Waals surface area contributed by atoms with Gasteiger partial charge >= 0.3 is 0 Å². The molecule has 2 nitrogen and oxygen atoms in total. The first-order valence-corrected chi connectivity index (χ1v) is 6.54. The summed E-state index contributed by atoms with van der Waals surface area (Å²) in [4.78, 5) is 14.0. The van der Waals surface area contributed by atoms with Gasteiger partial charge in [-0.3, -0.25) is 4.79 Å². The summed E-state index contributed by atoms with van der Waals surface area (Å²) in [5, 5.41) is 0.866. The van der Waals surface area contributed by atoms with Gasteiger partial charge in [-0.2, -0.15) is 0 Å². The minimum absolute atomic E-state index is 0.0742. The molecular formula is C11H20BrNO. The van der Waals surface area contributed by atoms with Gasteiger partial charge < -0.3 is 4.90 Å². The Labute approximate surface area is 95.2 Å². The maximum absolute atomic E-state index is 12.1. The molecule has 0 unspecified atom stereocenters. The van der Waals surface area contributed by atoms with E-state index in [0.29, 0.717) is 5.91 Å². The first-order chi connectivity index (χ1) is 6.60. The summed E-state index contributed by atoms with van der Waals surface area (Å²) in [6.07, 6.45) is 5.86. The van der Waals surface area contributed by atoms with Gasteiger partial charge in [-0.25, -0.2) is 0 Å². The minimum atomic E-state index is -0.0742. The molecule has 82 valence electrons. The molecule has 0 aliphatic heterocycles. The highest BCUT2D eigenvalue weighted by Gasteiger charge is 2.36. The SMILES string of the molecule is CN(CCBr)C(=O)C1(C)CCCCC1. The fourth-order valence-electron chi connectivity index (χ4n) is 2.24. The Morgan fingerprint density at radius 1 is 1.36 bits per heavy atom. The molecule has 1 aliphatic carbocycles. The fraction of sp³-hybridized carbons (Fsp3) is 0.909. The summed E-state index contributed by atoms with van der Waals surface area (Å²) in [7, 11) is 1.91. The van der Waals surface area contributed by atoms with E-state index < -0.39 is 0 Å². The Hall–Kier alpha value is -0.0500. The second-order valence-corrected chi connectivity index (χ2v) is 5.33. The lowest BCUT2D eigenvalue weighted by atomic mass is 9.75. The molecule has 1 rings (SSSR count). The number of hydrogen-bond donors (Lipinski definition) is 0. The number of rotatable bonds is 3. The van der Waals surface area contributed by atoms with Crippen LogP contribution in [0.4, 0.5) is 0 Å². The highest BCUT2D eigenvalue weighted by Crippen LogP contribution is 2.37. The molecule has 0 radical (unpaired) electrons. The molecule has 0 N–H and O–H groups in total. The van der Waals surface area contributed by atoms with Crippen molar-refractivity contribution in [3.05, 3.63) is 0 Å². The second-order valence-electron chi connectivity index (χ2n) is 4.54. The van der Waals surface area contributed by atoms with Crippen molar-refractivity contribution in [1.29, 1.82) is 0 Å². The van der Waals surface area contributed by atoms with Crippen LogP contribution >= 0.6 is 15.9 Å². The quantitative estimate of drug-likeness (QED) is 0.716. The van der Waals surface area contributed by atoms with Gasteiger partial charge in [-0.15, -0.1) is 0 Å². The molecule has 1 amide bonds. The van der Waals surface area contributed by atoms with Crippen LogP contribution in [0.5, 0.6) is 0 Å². The van der Waals surface area contributed by atoms with Crippen LogP contribution in [0.1, 0.15) is 39.0 Å². The van der Waals surface area contributed by atoms with E-state index in [-0.39, 0.29) is 5.41 Å². The van der Waals surface area contributed by atoms with Crippen molar-refractivity contribution < 1.29 is 4.79 Å². The normalized spacial score (nSPS) is 20.5. The third-order valence-electron chi connectivity index (χ3n) is 3.24. The highest BCUT2D eigenvalue weighted by atomic mass is 79.9. The van der Waals surface area contributed by atoms with Gasteiger partial charge in [0.15, 0.2) is 0 Å². The Bertz CT molecular complexity index is 199. The average molecular weight is 262 g/mol. The zero-order valence-electron chi connectivity index (χ0n) is 9.18. The molecular weight excluding hydrogens is 242 g/mol. The van der Waals surface area contributed by atoms with Crippen molar-refractivity contribution >= 4 is 21.8 Å². The molecule has 1 fully saturated rings. The van der Waals surface area contributed by atoms with E-state index >= 15 is 0 Å². The molecule has 1 aliphatic rings. The predicted molar refractivity (Wildman–Crippen MR) is 62.6 cm³/mol. The first-order valence-electron chi connectivity index (χ1n) is 5.42. The van der Waals surface area contributed by atoms with Crippen molar-refractivity contribution in [2.45, 2.75) is 39.0 Å². The molecule has 0 heterocycles. The standard InChI is InChI=1S/C11H20BrNO/c1-11(6-4-3-5-7-11)10(14)13(2)9-8-12/h3-9H2,1-2H3. The molecule has 14 heavy (non-hydrogen) atoms. The Kier molecular flexibility index (Phi) is 4.42. The summed E-state index contributed by atoms with van der Waals surface area (Å²) in [5.41, 5.74) is -0.0742. The van der Waals surface area contributed by atoms with Crippen molar-refractivity contribution in [2.24, 2.45) is 5.41 Å². The predicted octanol–water partition coefficient (Wildman–Crippen LogP) is 2.81. The maximum Gasteiger partial charge on any atom is 0.228 e. The van der Waals surface area contributed by atoms with Gasteiger partial charge in [0.1, 0.15) is 0 Å². The van der Waals surface area contributed by atoms with Gasteiger partial charge in [0.2, 0.25) is 5.91 Å².